The highest BCUT2D eigenvalue weighted by Gasteiger charge is 2.46. The second-order valence-electron chi connectivity index (χ2n) is 7.93. The van der Waals surface area contributed by atoms with Gasteiger partial charge in [-0.25, -0.2) is 16.8 Å². The van der Waals surface area contributed by atoms with E-state index in [1.54, 1.807) is 0 Å². The summed E-state index contributed by atoms with van der Waals surface area (Å²) in [6, 6.07) is 9.41. The van der Waals surface area contributed by atoms with E-state index in [9.17, 15) is 35.3 Å². The van der Waals surface area contributed by atoms with Gasteiger partial charge in [0.15, 0.2) is 19.7 Å². The molecule has 1 unspecified atom stereocenters. The van der Waals surface area contributed by atoms with Crippen molar-refractivity contribution in [2.45, 2.75) is 46.6 Å². The second kappa shape index (κ2) is 8.17. The quantitative estimate of drug-likeness (QED) is 0.645. The van der Waals surface area contributed by atoms with E-state index in [4.69, 9.17) is 4.74 Å². The van der Waals surface area contributed by atoms with Crippen molar-refractivity contribution in [1.82, 2.24) is 0 Å². The Balaban J connectivity index is 2.00. The van der Waals surface area contributed by atoms with E-state index in [0.29, 0.717) is 11.6 Å². The summed E-state index contributed by atoms with van der Waals surface area (Å²) in [6.07, 6.45) is -4.60. The first-order valence-corrected chi connectivity index (χ1v) is 12.8. The van der Waals surface area contributed by atoms with Crippen LogP contribution in [0.25, 0.3) is 0 Å². The Kier molecular flexibility index (Phi) is 6.19. The maximum atomic E-state index is 13.3. The van der Waals surface area contributed by atoms with Gasteiger partial charge in [0.1, 0.15) is 0 Å². The van der Waals surface area contributed by atoms with Crippen molar-refractivity contribution in [2.24, 2.45) is 0 Å². The van der Waals surface area contributed by atoms with Crippen molar-refractivity contribution in [2.75, 3.05) is 12.9 Å². The lowest BCUT2D eigenvalue weighted by molar-refractivity contribution is -0.137. The minimum absolute atomic E-state index is 0.00193. The summed E-state index contributed by atoms with van der Waals surface area (Å²) in [5, 5.41) is 9.49. The number of nitrogens with zero attached hydrogens (tertiary/aromatic N) is 1. The van der Waals surface area contributed by atoms with Crippen molar-refractivity contribution in [1.29, 1.82) is 5.26 Å². The molecule has 1 saturated heterocycles. The molecule has 0 radical (unpaired) electrons. The van der Waals surface area contributed by atoms with E-state index in [-0.39, 0.29) is 29.9 Å². The standard InChI is InChI=1S/C21H20F3NO5S2/c1-20(32(28,29)17-5-3-4-15(11-17)21(22,23)24)8-9-30-19(12-20)18-7-6-16(31(2,26)27)10-14(18)13-25/h3-7,10-11,19H,8-9,12H2,1-2H3/t19-,20?/m1/s1. The molecule has 0 bridgehead atoms. The maximum absolute atomic E-state index is 13.3. The Hall–Kier alpha value is -2.42. The molecular formula is C21H20F3NO5S2. The Labute approximate surface area is 184 Å². The number of alkyl halides is 3. The molecule has 2 aromatic rings. The minimum atomic E-state index is -4.69. The van der Waals surface area contributed by atoms with Gasteiger partial charge in [-0.1, -0.05) is 12.1 Å². The molecule has 1 aliphatic heterocycles. The summed E-state index contributed by atoms with van der Waals surface area (Å²) in [6.45, 7) is 1.44. The largest absolute Gasteiger partial charge is 0.416 e. The minimum Gasteiger partial charge on any atom is -0.373 e. The predicted octanol–water partition coefficient (Wildman–Crippen LogP) is 4.06. The van der Waals surface area contributed by atoms with Crippen molar-refractivity contribution in [3.8, 4) is 6.07 Å². The molecule has 0 spiro atoms. The van der Waals surface area contributed by atoms with Crippen LogP contribution in [0.4, 0.5) is 13.2 Å². The predicted molar refractivity (Wildman–Crippen MR) is 109 cm³/mol. The number of ether oxygens (including phenoxy) is 1. The zero-order chi connectivity index (χ0) is 23.9. The highest BCUT2D eigenvalue weighted by Crippen LogP contribution is 2.43. The van der Waals surface area contributed by atoms with E-state index >= 15 is 0 Å². The fourth-order valence-electron chi connectivity index (χ4n) is 3.68. The van der Waals surface area contributed by atoms with E-state index in [2.05, 4.69) is 0 Å². The third-order valence-corrected chi connectivity index (χ3v) is 9.26. The molecular weight excluding hydrogens is 467 g/mol. The average Bonchev–Trinajstić information content (AvgIpc) is 2.72. The van der Waals surface area contributed by atoms with Crippen molar-refractivity contribution >= 4 is 19.7 Å². The first-order valence-electron chi connectivity index (χ1n) is 9.47. The lowest BCUT2D eigenvalue weighted by atomic mass is 9.90. The van der Waals surface area contributed by atoms with Crippen LogP contribution in [0.15, 0.2) is 52.3 Å². The Morgan fingerprint density at radius 1 is 1.09 bits per heavy atom. The van der Waals surface area contributed by atoms with Gasteiger partial charge in [0.25, 0.3) is 0 Å². The summed E-state index contributed by atoms with van der Waals surface area (Å²) in [7, 11) is -7.76. The maximum Gasteiger partial charge on any atom is 0.416 e. The molecule has 3 rings (SSSR count). The van der Waals surface area contributed by atoms with Crippen LogP contribution in [0.5, 0.6) is 0 Å². The lowest BCUT2D eigenvalue weighted by Crippen LogP contribution is -2.42. The lowest BCUT2D eigenvalue weighted by Gasteiger charge is -2.38. The molecule has 0 amide bonds. The number of nitriles is 1. The number of sulfone groups is 2. The molecule has 0 N–H and O–H groups in total. The second-order valence-corrected chi connectivity index (χ2v) is 12.4. The third kappa shape index (κ3) is 4.53. The van der Waals surface area contributed by atoms with Gasteiger partial charge in [-0.05, 0) is 55.7 Å². The van der Waals surface area contributed by atoms with Crippen LogP contribution in [-0.4, -0.2) is 34.4 Å². The molecule has 0 saturated carbocycles. The summed E-state index contributed by atoms with van der Waals surface area (Å²) in [5.41, 5.74) is -0.711. The van der Waals surface area contributed by atoms with Crippen LogP contribution in [-0.2, 0) is 30.6 Å². The molecule has 1 fully saturated rings. The van der Waals surface area contributed by atoms with Crippen molar-refractivity contribution in [3.05, 3.63) is 59.2 Å². The molecule has 2 aromatic carbocycles. The summed E-state index contributed by atoms with van der Waals surface area (Å²) in [4.78, 5) is -0.503. The Bertz CT molecular complexity index is 1300. The topological polar surface area (TPSA) is 101 Å². The highest BCUT2D eigenvalue weighted by molar-refractivity contribution is 7.92. The molecule has 2 atom stereocenters. The van der Waals surface area contributed by atoms with Crippen molar-refractivity contribution in [3.63, 3.8) is 0 Å². The van der Waals surface area contributed by atoms with Crippen molar-refractivity contribution < 1.29 is 34.7 Å². The highest BCUT2D eigenvalue weighted by atomic mass is 32.2. The average molecular weight is 488 g/mol. The van der Waals surface area contributed by atoms with Gasteiger partial charge in [0, 0.05) is 12.9 Å². The summed E-state index contributed by atoms with van der Waals surface area (Å²) < 4.78 is 93.7. The van der Waals surface area contributed by atoms with Crippen LogP contribution in [0.3, 0.4) is 0 Å². The number of halogens is 3. The van der Waals surface area contributed by atoms with Gasteiger partial charge in [-0.15, -0.1) is 0 Å². The smallest absolute Gasteiger partial charge is 0.373 e. The molecule has 172 valence electrons. The van der Waals surface area contributed by atoms with Crippen LogP contribution in [0.1, 0.15) is 42.6 Å². The van der Waals surface area contributed by atoms with Gasteiger partial charge in [0.05, 0.1) is 37.8 Å². The first-order chi connectivity index (χ1) is 14.7. The van der Waals surface area contributed by atoms with E-state index < -0.39 is 47.2 Å². The zero-order valence-electron chi connectivity index (χ0n) is 17.2. The molecule has 32 heavy (non-hydrogen) atoms. The number of hydrogen-bond acceptors (Lipinski definition) is 6. The van der Waals surface area contributed by atoms with Crippen LogP contribution in [0.2, 0.25) is 0 Å². The van der Waals surface area contributed by atoms with Crippen LogP contribution < -0.4 is 0 Å². The number of benzene rings is 2. The van der Waals surface area contributed by atoms with E-state index in [1.807, 2.05) is 6.07 Å². The van der Waals surface area contributed by atoms with Gasteiger partial charge in [-0.3, -0.25) is 0 Å². The monoisotopic (exact) mass is 487 g/mol. The number of hydrogen-bond donors (Lipinski definition) is 0. The SMILES string of the molecule is CC1(S(=O)(=O)c2cccc(C(F)(F)F)c2)CCO[C@@H](c2ccc(S(C)(=O)=O)cc2C#N)C1. The molecule has 6 nitrogen and oxygen atoms in total. The van der Waals surface area contributed by atoms with Crippen LogP contribution >= 0.6 is 0 Å². The first kappa shape index (κ1) is 24.2. The fraction of sp³-hybridized carbons (Fsp3) is 0.381. The van der Waals surface area contributed by atoms with Gasteiger partial charge >= 0.3 is 6.18 Å². The molecule has 0 aromatic heterocycles. The summed E-state index contributed by atoms with van der Waals surface area (Å²) >= 11 is 0. The zero-order valence-corrected chi connectivity index (χ0v) is 18.8. The van der Waals surface area contributed by atoms with E-state index in [1.165, 1.54) is 25.1 Å². The van der Waals surface area contributed by atoms with Crippen LogP contribution in [0, 0.1) is 11.3 Å². The Morgan fingerprint density at radius 3 is 2.38 bits per heavy atom. The molecule has 1 aliphatic rings. The number of rotatable bonds is 4. The van der Waals surface area contributed by atoms with E-state index in [0.717, 1.165) is 24.5 Å². The molecule has 0 aliphatic carbocycles. The molecule has 11 heteroatoms. The normalized spacial score (nSPS) is 22.3. The third-order valence-electron chi connectivity index (χ3n) is 5.61. The summed E-state index contributed by atoms with van der Waals surface area (Å²) in [5.74, 6) is 0. The van der Waals surface area contributed by atoms with Gasteiger partial charge < -0.3 is 4.74 Å². The fourth-order valence-corrected chi connectivity index (χ4v) is 6.16. The molecule has 1 heterocycles. The Morgan fingerprint density at radius 2 is 1.78 bits per heavy atom. The van der Waals surface area contributed by atoms with Gasteiger partial charge in [0.2, 0.25) is 0 Å². The van der Waals surface area contributed by atoms with Gasteiger partial charge in [-0.2, -0.15) is 18.4 Å².